The Morgan fingerprint density at radius 2 is 2.16 bits per heavy atom. The van der Waals surface area contributed by atoms with Crippen LogP contribution in [0.15, 0.2) is 6.20 Å². The number of piperidine rings is 1. The summed E-state index contributed by atoms with van der Waals surface area (Å²) in [5.74, 6) is 0.358. The third-order valence-electron chi connectivity index (χ3n) is 3.37. The fraction of sp³-hybridized carbons (Fsp3) is 0.750. The Bertz CT molecular complexity index is 439. The molecule has 0 bridgehead atoms. The van der Waals surface area contributed by atoms with Gasteiger partial charge in [0.15, 0.2) is 0 Å². The Hall–Kier alpha value is -1.63. The minimum Gasteiger partial charge on any atom is -0.359 e. The molecule has 2 heterocycles. The predicted molar refractivity (Wildman–Crippen MR) is 73.2 cm³/mol. The van der Waals surface area contributed by atoms with E-state index in [0.29, 0.717) is 5.82 Å². The van der Waals surface area contributed by atoms with Gasteiger partial charge in [-0.15, -0.1) is 5.10 Å². The van der Waals surface area contributed by atoms with Crippen LogP contribution >= 0.6 is 0 Å². The fourth-order valence-corrected chi connectivity index (χ4v) is 2.52. The van der Waals surface area contributed by atoms with E-state index >= 15 is 0 Å². The second-order valence-electron chi connectivity index (χ2n) is 5.20. The molecule has 1 saturated heterocycles. The minimum absolute atomic E-state index is 0.0352. The minimum atomic E-state index is -0.400. The molecule has 106 valence electrons. The maximum atomic E-state index is 10.9. The van der Waals surface area contributed by atoms with Crippen molar-refractivity contribution in [3.63, 3.8) is 0 Å². The van der Waals surface area contributed by atoms with E-state index in [1.54, 1.807) is 7.05 Å². The highest BCUT2D eigenvalue weighted by atomic mass is 16.6. The first-order valence-corrected chi connectivity index (χ1v) is 6.73. The van der Waals surface area contributed by atoms with Gasteiger partial charge in [-0.2, -0.15) is 0 Å². The molecule has 1 N–H and O–H groups in total. The average Bonchev–Trinajstić information content (AvgIpc) is 2.71. The molecule has 1 aromatic rings. The molecule has 2 rings (SSSR count). The monoisotopic (exact) mass is 267 g/mol. The van der Waals surface area contributed by atoms with Crippen LogP contribution < -0.4 is 5.32 Å². The number of hydrogen-bond acceptors (Lipinski definition) is 5. The number of anilines is 1. The van der Waals surface area contributed by atoms with Gasteiger partial charge in [-0.3, -0.25) is 14.8 Å². The first-order valence-electron chi connectivity index (χ1n) is 6.73. The van der Waals surface area contributed by atoms with Crippen LogP contribution in [-0.4, -0.2) is 45.3 Å². The number of aryl methyl sites for hydroxylation is 1. The normalized spacial score (nSPS) is 18.2. The van der Waals surface area contributed by atoms with E-state index in [2.05, 4.69) is 15.3 Å². The lowest BCUT2D eigenvalue weighted by Crippen LogP contribution is -2.38. The summed E-state index contributed by atoms with van der Waals surface area (Å²) in [5, 5.41) is 18.2. The summed E-state index contributed by atoms with van der Waals surface area (Å²) < 4.78 is 1.47. The lowest BCUT2D eigenvalue weighted by molar-refractivity contribution is -0.384. The quantitative estimate of drug-likeness (QED) is 0.648. The van der Waals surface area contributed by atoms with Gasteiger partial charge in [-0.1, -0.05) is 6.42 Å². The zero-order valence-electron chi connectivity index (χ0n) is 11.5. The molecule has 0 amide bonds. The van der Waals surface area contributed by atoms with Gasteiger partial charge in [-0.25, -0.2) is 0 Å². The highest BCUT2D eigenvalue weighted by Gasteiger charge is 2.21. The van der Waals surface area contributed by atoms with Crippen molar-refractivity contribution in [1.29, 1.82) is 0 Å². The van der Waals surface area contributed by atoms with Gasteiger partial charge in [-0.05, 0) is 32.9 Å². The maximum absolute atomic E-state index is 10.9. The molecule has 19 heavy (non-hydrogen) atoms. The van der Waals surface area contributed by atoms with Gasteiger partial charge in [0.2, 0.25) is 5.82 Å². The Kier molecular flexibility index (Phi) is 4.36. The summed E-state index contributed by atoms with van der Waals surface area (Å²) in [6.07, 6.45) is 5.23. The number of aromatic nitrogens is 2. The van der Waals surface area contributed by atoms with E-state index in [4.69, 9.17) is 0 Å². The summed E-state index contributed by atoms with van der Waals surface area (Å²) in [7, 11) is 1.69. The number of hydrogen-bond donors (Lipinski definition) is 1. The Labute approximate surface area is 112 Å². The molecule has 1 unspecified atom stereocenters. The molecular weight excluding hydrogens is 246 g/mol. The summed E-state index contributed by atoms with van der Waals surface area (Å²) in [6.45, 7) is 5.17. The Morgan fingerprint density at radius 3 is 2.79 bits per heavy atom. The lowest BCUT2D eigenvalue weighted by Gasteiger charge is -2.29. The Morgan fingerprint density at radius 1 is 1.47 bits per heavy atom. The van der Waals surface area contributed by atoms with Crippen molar-refractivity contribution >= 4 is 11.5 Å². The largest absolute Gasteiger partial charge is 0.359 e. The van der Waals surface area contributed by atoms with E-state index in [-0.39, 0.29) is 11.7 Å². The lowest BCUT2D eigenvalue weighted by atomic mass is 10.1. The van der Waals surface area contributed by atoms with Gasteiger partial charge < -0.3 is 10.2 Å². The molecule has 0 aromatic carbocycles. The van der Waals surface area contributed by atoms with Crippen molar-refractivity contribution in [2.45, 2.75) is 32.2 Å². The molecule has 7 nitrogen and oxygen atoms in total. The van der Waals surface area contributed by atoms with Gasteiger partial charge in [0.1, 0.15) is 6.20 Å². The second-order valence-corrected chi connectivity index (χ2v) is 5.20. The SMILES string of the molecule is CC(CN1CCCCC1)Nc1nn(C)cc1[N+](=O)[O-]. The summed E-state index contributed by atoms with van der Waals surface area (Å²) in [4.78, 5) is 12.9. The van der Waals surface area contributed by atoms with Crippen LogP contribution in [-0.2, 0) is 7.05 Å². The van der Waals surface area contributed by atoms with E-state index in [9.17, 15) is 10.1 Å². The molecule has 0 aliphatic carbocycles. The van der Waals surface area contributed by atoms with Crippen LogP contribution in [0.4, 0.5) is 11.5 Å². The molecule has 1 fully saturated rings. The first kappa shape index (κ1) is 13.8. The molecule has 0 spiro atoms. The van der Waals surface area contributed by atoms with Crippen molar-refractivity contribution in [1.82, 2.24) is 14.7 Å². The number of rotatable bonds is 5. The predicted octanol–water partition coefficient (Wildman–Crippen LogP) is 1.61. The van der Waals surface area contributed by atoms with E-state index < -0.39 is 4.92 Å². The molecule has 0 saturated carbocycles. The molecule has 1 aliphatic rings. The standard InChI is InChI=1S/C12H21N5O2/c1-10(8-16-6-4-3-5-7-16)13-12-11(17(18)19)9-15(2)14-12/h9-10H,3-8H2,1-2H3,(H,13,14). The maximum Gasteiger partial charge on any atom is 0.330 e. The topological polar surface area (TPSA) is 76.2 Å². The molecule has 0 radical (unpaired) electrons. The summed E-state index contributed by atoms with van der Waals surface area (Å²) >= 11 is 0. The second kappa shape index (κ2) is 6.01. The number of nitro groups is 1. The van der Waals surface area contributed by atoms with Crippen LogP contribution in [0.3, 0.4) is 0 Å². The van der Waals surface area contributed by atoms with Gasteiger partial charge >= 0.3 is 5.69 Å². The molecule has 7 heteroatoms. The van der Waals surface area contributed by atoms with Crippen molar-refractivity contribution in [3.8, 4) is 0 Å². The molecular formula is C12H21N5O2. The van der Waals surface area contributed by atoms with Gasteiger partial charge in [0.05, 0.1) is 4.92 Å². The summed E-state index contributed by atoms with van der Waals surface area (Å²) in [6, 6.07) is 0.145. The first-order chi connectivity index (χ1) is 9.06. The van der Waals surface area contributed by atoms with E-state index in [1.165, 1.54) is 30.1 Å². The molecule has 1 aliphatic heterocycles. The number of nitrogens with zero attached hydrogens (tertiary/aromatic N) is 4. The Balaban J connectivity index is 1.94. The van der Waals surface area contributed by atoms with Crippen molar-refractivity contribution in [3.05, 3.63) is 16.3 Å². The van der Waals surface area contributed by atoms with Crippen LogP contribution in [0.1, 0.15) is 26.2 Å². The zero-order valence-corrected chi connectivity index (χ0v) is 11.5. The smallest absolute Gasteiger partial charge is 0.330 e. The average molecular weight is 267 g/mol. The highest BCUT2D eigenvalue weighted by molar-refractivity contribution is 5.54. The zero-order chi connectivity index (χ0) is 13.8. The van der Waals surface area contributed by atoms with Crippen LogP contribution in [0.25, 0.3) is 0 Å². The van der Waals surface area contributed by atoms with E-state index in [0.717, 1.165) is 19.6 Å². The number of likely N-dealkylation sites (tertiary alicyclic amines) is 1. The third kappa shape index (κ3) is 3.66. The highest BCUT2D eigenvalue weighted by Crippen LogP contribution is 2.22. The van der Waals surface area contributed by atoms with Gasteiger partial charge in [0, 0.05) is 19.6 Å². The van der Waals surface area contributed by atoms with Crippen LogP contribution in [0.5, 0.6) is 0 Å². The molecule has 1 aromatic heterocycles. The fourth-order valence-electron chi connectivity index (χ4n) is 2.52. The van der Waals surface area contributed by atoms with Crippen molar-refractivity contribution < 1.29 is 4.92 Å². The third-order valence-corrected chi connectivity index (χ3v) is 3.37. The van der Waals surface area contributed by atoms with Crippen LogP contribution in [0.2, 0.25) is 0 Å². The van der Waals surface area contributed by atoms with Crippen molar-refractivity contribution in [2.75, 3.05) is 25.0 Å². The molecule has 1 atom stereocenters. The van der Waals surface area contributed by atoms with E-state index in [1.807, 2.05) is 6.92 Å². The number of nitrogens with one attached hydrogen (secondary N) is 1. The van der Waals surface area contributed by atoms with Crippen LogP contribution in [0, 0.1) is 10.1 Å². The van der Waals surface area contributed by atoms with Crippen molar-refractivity contribution in [2.24, 2.45) is 7.05 Å². The summed E-state index contributed by atoms with van der Waals surface area (Å²) in [5.41, 5.74) is 0.0352. The van der Waals surface area contributed by atoms with Gasteiger partial charge in [0.25, 0.3) is 0 Å².